The second-order valence-corrected chi connectivity index (χ2v) is 4.43. The quantitative estimate of drug-likeness (QED) is 0.675. The van der Waals surface area contributed by atoms with Crippen LogP contribution >= 0.6 is 0 Å². The van der Waals surface area contributed by atoms with E-state index in [0.29, 0.717) is 0 Å². The minimum absolute atomic E-state index is 0.0443. The zero-order chi connectivity index (χ0) is 15.2. The first-order valence-electron chi connectivity index (χ1n) is 6.35. The lowest BCUT2D eigenvalue weighted by atomic mass is 10.1. The van der Waals surface area contributed by atoms with Crippen molar-refractivity contribution in [3.05, 3.63) is 75.8 Å². The molecule has 2 rings (SSSR count). The van der Waals surface area contributed by atoms with Gasteiger partial charge in [-0.15, -0.1) is 0 Å². The fraction of sp³-hybridized carbons (Fsp3) is 0.125. The molecule has 0 radical (unpaired) electrons. The van der Waals surface area contributed by atoms with E-state index in [1.807, 2.05) is 0 Å². The van der Waals surface area contributed by atoms with E-state index in [9.17, 15) is 15.2 Å². The Bertz CT molecular complexity index is 632. The fourth-order valence-corrected chi connectivity index (χ4v) is 1.82. The molecular formula is C16H15NO4. The second kappa shape index (κ2) is 6.67. The number of rotatable bonds is 5. The fourth-order valence-electron chi connectivity index (χ4n) is 1.82. The molecule has 1 unspecified atom stereocenters. The normalized spacial score (nSPS) is 12.3. The van der Waals surface area contributed by atoms with Gasteiger partial charge < -0.3 is 9.84 Å². The Kier molecular flexibility index (Phi) is 4.68. The molecule has 2 aromatic rings. The average molecular weight is 285 g/mol. The molecule has 0 aliphatic heterocycles. The first-order valence-corrected chi connectivity index (χ1v) is 6.35. The molecule has 21 heavy (non-hydrogen) atoms. The van der Waals surface area contributed by atoms with Crippen molar-refractivity contribution in [3.63, 3.8) is 0 Å². The Balaban J connectivity index is 2.06. The van der Waals surface area contributed by atoms with E-state index in [0.717, 1.165) is 16.9 Å². The summed E-state index contributed by atoms with van der Waals surface area (Å²) in [4.78, 5) is 10.1. The number of aliphatic hydroxyl groups excluding tert-OH is 1. The molecule has 108 valence electrons. The van der Waals surface area contributed by atoms with Crippen molar-refractivity contribution in [1.29, 1.82) is 0 Å². The second-order valence-electron chi connectivity index (χ2n) is 4.43. The largest absolute Gasteiger partial charge is 0.497 e. The number of nitrogens with zero attached hydrogens (tertiary/aromatic N) is 1. The van der Waals surface area contributed by atoms with Gasteiger partial charge in [-0.25, -0.2) is 0 Å². The molecule has 2 aromatic carbocycles. The van der Waals surface area contributed by atoms with Crippen LogP contribution in [0.3, 0.4) is 0 Å². The number of non-ortho nitro benzene ring substituents is 1. The van der Waals surface area contributed by atoms with Crippen molar-refractivity contribution in [2.75, 3.05) is 7.11 Å². The number of ether oxygens (including phenoxy) is 1. The van der Waals surface area contributed by atoms with Gasteiger partial charge in [0.25, 0.3) is 5.69 Å². The number of benzene rings is 2. The topological polar surface area (TPSA) is 72.6 Å². The van der Waals surface area contributed by atoms with E-state index >= 15 is 0 Å². The van der Waals surface area contributed by atoms with E-state index in [4.69, 9.17) is 4.74 Å². The molecule has 0 heterocycles. The molecule has 0 spiro atoms. The summed E-state index contributed by atoms with van der Waals surface area (Å²) >= 11 is 0. The summed E-state index contributed by atoms with van der Waals surface area (Å²) in [6, 6.07) is 13.2. The zero-order valence-corrected chi connectivity index (χ0v) is 11.5. The number of hydrogen-bond acceptors (Lipinski definition) is 4. The summed E-state index contributed by atoms with van der Waals surface area (Å²) in [6.45, 7) is 0. The van der Waals surface area contributed by atoms with E-state index in [-0.39, 0.29) is 5.69 Å². The van der Waals surface area contributed by atoms with Crippen molar-refractivity contribution in [1.82, 2.24) is 0 Å². The van der Waals surface area contributed by atoms with Crippen LogP contribution in [0.5, 0.6) is 5.75 Å². The summed E-state index contributed by atoms with van der Waals surface area (Å²) in [5.41, 5.74) is 1.57. The molecule has 5 heteroatoms. The van der Waals surface area contributed by atoms with Crippen molar-refractivity contribution in [2.24, 2.45) is 0 Å². The van der Waals surface area contributed by atoms with Gasteiger partial charge >= 0.3 is 0 Å². The molecule has 1 N–H and O–H groups in total. The van der Waals surface area contributed by atoms with Crippen LogP contribution in [0, 0.1) is 10.1 Å². The summed E-state index contributed by atoms with van der Waals surface area (Å²) in [5.74, 6) is 0.727. The van der Waals surface area contributed by atoms with Crippen LogP contribution in [-0.2, 0) is 0 Å². The molecule has 0 aromatic heterocycles. The summed E-state index contributed by atoms with van der Waals surface area (Å²) in [7, 11) is 1.58. The first-order chi connectivity index (χ1) is 10.1. The predicted molar refractivity (Wildman–Crippen MR) is 80.1 cm³/mol. The summed E-state index contributed by atoms with van der Waals surface area (Å²) in [5, 5.41) is 20.6. The average Bonchev–Trinajstić information content (AvgIpc) is 2.53. The highest BCUT2D eigenvalue weighted by molar-refractivity contribution is 5.52. The van der Waals surface area contributed by atoms with Gasteiger partial charge in [0, 0.05) is 12.1 Å². The predicted octanol–water partition coefficient (Wildman–Crippen LogP) is 3.35. The standard InChI is InChI=1S/C16H15NO4/c1-21-15-9-5-13(6-10-15)16(18)11-4-12-2-7-14(8-3-12)17(19)20/h2-11,16,18H,1H3/b11-4+. The Morgan fingerprint density at radius 3 is 2.29 bits per heavy atom. The first kappa shape index (κ1) is 14.7. The van der Waals surface area contributed by atoms with Crippen LogP contribution < -0.4 is 4.74 Å². The molecule has 0 aliphatic carbocycles. The third-order valence-corrected chi connectivity index (χ3v) is 3.03. The van der Waals surface area contributed by atoms with Gasteiger partial charge in [0.2, 0.25) is 0 Å². The molecule has 5 nitrogen and oxygen atoms in total. The van der Waals surface area contributed by atoms with E-state index in [2.05, 4.69) is 0 Å². The molecule has 0 fully saturated rings. The zero-order valence-electron chi connectivity index (χ0n) is 11.5. The number of hydrogen-bond donors (Lipinski definition) is 1. The minimum Gasteiger partial charge on any atom is -0.497 e. The number of nitro groups is 1. The third kappa shape index (κ3) is 3.90. The molecule has 0 saturated heterocycles. The van der Waals surface area contributed by atoms with Crippen molar-refractivity contribution < 1.29 is 14.8 Å². The van der Waals surface area contributed by atoms with Gasteiger partial charge in [0.1, 0.15) is 5.75 Å². The molecule has 0 saturated carbocycles. The highest BCUT2D eigenvalue weighted by Gasteiger charge is 2.05. The number of aliphatic hydroxyl groups is 1. The van der Waals surface area contributed by atoms with Crippen LogP contribution in [-0.4, -0.2) is 17.1 Å². The van der Waals surface area contributed by atoms with Gasteiger partial charge in [-0.2, -0.15) is 0 Å². The SMILES string of the molecule is COc1ccc(C(O)/C=C/c2ccc([N+](=O)[O-])cc2)cc1. The Hall–Kier alpha value is -2.66. The van der Waals surface area contributed by atoms with Crippen molar-refractivity contribution in [3.8, 4) is 5.75 Å². The molecule has 0 amide bonds. The van der Waals surface area contributed by atoms with Gasteiger partial charge in [0.15, 0.2) is 0 Å². The van der Waals surface area contributed by atoms with Gasteiger partial charge in [-0.1, -0.05) is 24.3 Å². The number of nitro benzene ring substituents is 1. The van der Waals surface area contributed by atoms with Crippen LogP contribution in [0.2, 0.25) is 0 Å². The third-order valence-electron chi connectivity index (χ3n) is 3.03. The van der Waals surface area contributed by atoms with Gasteiger partial charge in [-0.3, -0.25) is 10.1 Å². The highest BCUT2D eigenvalue weighted by atomic mass is 16.6. The van der Waals surface area contributed by atoms with Crippen molar-refractivity contribution in [2.45, 2.75) is 6.10 Å². The lowest BCUT2D eigenvalue weighted by Gasteiger charge is -2.07. The van der Waals surface area contributed by atoms with E-state index < -0.39 is 11.0 Å². The molecule has 0 aliphatic rings. The maximum Gasteiger partial charge on any atom is 0.269 e. The smallest absolute Gasteiger partial charge is 0.269 e. The Labute approximate surface area is 122 Å². The summed E-state index contributed by atoms with van der Waals surface area (Å²) < 4.78 is 5.05. The van der Waals surface area contributed by atoms with Crippen LogP contribution in [0.1, 0.15) is 17.2 Å². The maximum atomic E-state index is 10.6. The van der Waals surface area contributed by atoms with Gasteiger partial charge in [0.05, 0.1) is 18.1 Å². The molecular weight excluding hydrogens is 270 g/mol. The maximum absolute atomic E-state index is 10.6. The lowest BCUT2D eigenvalue weighted by molar-refractivity contribution is -0.384. The molecule has 1 atom stereocenters. The number of methoxy groups -OCH3 is 1. The van der Waals surface area contributed by atoms with E-state index in [1.54, 1.807) is 55.7 Å². The van der Waals surface area contributed by atoms with E-state index in [1.165, 1.54) is 12.1 Å². The van der Waals surface area contributed by atoms with Crippen molar-refractivity contribution >= 4 is 11.8 Å². The van der Waals surface area contributed by atoms with Crippen LogP contribution in [0.4, 0.5) is 5.69 Å². The Morgan fingerprint density at radius 2 is 1.76 bits per heavy atom. The summed E-state index contributed by atoms with van der Waals surface area (Å²) in [6.07, 6.45) is 2.60. The highest BCUT2D eigenvalue weighted by Crippen LogP contribution is 2.20. The Morgan fingerprint density at radius 1 is 1.14 bits per heavy atom. The van der Waals surface area contributed by atoms with Crippen LogP contribution in [0.15, 0.2) is 54.6 Å². The lowest BCUT2D eigenvalue weighted by Crippen LogP contribution is -1.93. The van der Waals surface area contributed by atoms with Crippen LogP contribution in [0.25, 0.3) is 6.08 Å². The minimum atomic E-state index is -0.744. The monoisotopic (exact) mass is 285 g/mol. The van der Waals surface area contributed by atoms with Gasteiger partial charge in [-0.05, 0) is 35.4 Å². The molecule has 0 bridgehead atoms.